The van der Waals surface area contributed by atoms with E-state index in [4.69, 9.17) is 0 Å². The van der Waals surface area contributed by atoms with E-state index in [9.17, 15) is 15.0 Å². The summed E-state index contributed by atoms with van der Waals surface area (Å²) in [6.07, 6.45) is 0.156. The normalized spacial score (nSPS) is 12.4. The first-order chi connectivity index (χ1) is 12.0. The number of aliphatic hydroxyl groups excluding tert-OH is 1. The van der Waals surface area contributed by atoms with Gasteiger partial charge in [0.05, 0.1) is 11.6 Å². The number of hydrogen-bond donors (Lipinski definition) is 4. The number of fused-ring (bicyclic) bond motifs is 1. The van der Waals surface area contributed by atoms with Gasteiger partial charge in [-0.3, -0.25) is 4.79 Å². The summed E-state index contributed by atoms with van der Waals surface area (Å²) < 4.78 is 0. The number of rotatable bonds is 6. The Kier molecular flexibility index (Phi) is 5.16. The van der Waals surface area contributed by atoms with Crippen LogP contribution < -0.4 is 10.9 Å². The third-order valence-corrected chi connectivity index (χ3v) is 4.31. The molecule has 130 valence electrons. The van der Waals surface area contributed by atoms with Crippen molar-refractivity contribution in [3.05, 3.63) is 75.6 Å². The molecule has 1 atom stereocenters. The molecule has 0 spiro atoms. The number of aliphatic hydroxyl groups is 1. The quantitative estimate of drug-likeness (QED) is 0.520. The standard InChI is InChI=1S/C20H22N2O3/c1-13-2-4-14(5-3-13)10-11-21-12-18(24)15-6-8-17(23)20-16(15)7-9-19(25)22-20/h2-9,18,21,23-24H,10-12H2,1H3,(H,22,25)/t18-/m0/s1. The molecule has 0 unspecified atom stereocenters. The Hall–Kier alpha value is -2.63. The lowest BCUT2D eigenvalue weighted by atomic mass is 10.0. The van der Waals surface area contributed by atoms with Gasteiger partial charge in [-0.15, -0.1) is 0 Å². The molecule has 0 aliphatic heterocycles. The van der Waals surface area contributed by atoms with E-state index >= 15 is 0 Å². The molecule has 0 radical (unpaired) electrons. The van der Waals surface area contributed by atoms with Crippen LogP contribution in [-0.4, -0.2) is 28.3 Å². The molecule has 0 aliphatic carbocycles. The molecule has 5 heteroatoms. The molecule has 3 aromatic rings. The number of hydrogen-bond acceptors (Lipinski definition) is 4. The predicted molar refractivity (Wildman–Crippen MR) is 98.9 cm³/mol. The summed E-state index contributed by atoms with van der Waals surface area (Å²) in [7, 11) is 0. The van der Waals surface area contributed by atoms with Crippen molar-refractivity contribution in [2.75, 3.05) is 13.1 Å². The van der Waals surface area contributed by atoms with Crippen LogP contribution in [-0.2, 0) is 6.42 Å². The van der Waals surface area contributed by atoms with Gasteiger partial charge >= 0.3 is 0 Å². The fraction of sp³-hybridized carbons (Fsp3) is 0.250. The lowest BCUT2D eigenvalue weighted by Gasteiger charge is -2.15. The van der Waals surface area contributed by atoms with Crippen LogP contribution in [0.5, 0.6) is 5.75 Å². The summed E-state index contributed by atoms with van der Waals surface area (Å²) in [6.45, 7) is 3.21. The van der Waals surface area contributed by atoms with Crippen molar-refractivity contribution in [1.29, 1.82) is 0 Å². The van der Waals surface area contributed by atoms with Gasteiger partial charge in [0.1, 0.15) is 5.75 Å². The highest BCUT2D eigenvalue weighted by atomic mass is 16.3. The first-order valence-corrected chi connectivity index (χ1v) is 8.34. The molecule has 5 nitrogen and oxygen atoms in total. The minimum atomic E-state index is -0.730. The molecular formula is C20H22N2O3. The van der Waals surface area contributed by atoms with Crippen LogP contribution in [0.3, 0.4) is 0 Å². The van der Waals surface area contributed by atoms with Crippen molar-refractivity contribution >= 4 is 10.9 Å². The zero-order valence-corrected chi connectivity index (χ0v) is 14.1. The van der Waals surface area contributed by atoms with E-state index in [0.717, 1.165) is 13.0 Å². The number of aromatic amines is 1. The smallest absolute Gasteiger partial charge is 0.248 e. The van der Waals surface area contributed by atoms with Crippen LogP contribution in [0.15, 0.2) is 53.3 Å². The fourth-order valence-electron chi connectivity index (χ4n) is 2.89. The monoisotopic (exact) mass is 338 g/mol. The average Bonchev–Trinajstić information content (AvgIpc) is 2.61. The number of phenolic OH excluding ortho intramolecular Hbond substituents is 1. The number of pyridine rings is 1. The molecule has 4 N–H and O–H groups in total. The lowest BCUT2D eigenvalue weighted by molar-refractivity contribution is 0.176. The van der Waals surface area contributed by atoms with Crippen molar-refractivity contribution in [2.45, 2.75) is 19.4 Å². The Bertz CT molecular complexity index is 916. The highest BCUT2D eigenvalue weighted by molar-refractivity contribution is 5.87. The number of aromatic hydroxyl groups is 1. The Labute approximate surface area is 146 Å². The highest BCUT2D eigenvalue weighted by Crippen LogP contribution is 2.28. The van der Waals surface area contributed by atoms with Crippen LogP contribution in [0, 0.1) is 6.92 Å². The topological polar surface area (TPSA) is 85.3 Å². The number of aromatic nitrogens is 1. The van der Waals surface area contributed by atoms with E-state index in [1.807, 2.05) is 0 Å². The minimum Gasteiger partial charge on any atom is -0.506 e. The van der Waals surface area contributed by atoms with E-state index in [1.165, 1.54) is 23.3 Å². The third-order valence-electron chi connectivity index (χ3n) is 4.31. The van der Waals surface area contributed by atoms with Crippen LogP contribution in [0.1, 0.15) is 22.8 Å². The third kappa shape index (κ3) is 4.07. The maximum absolute atomic E-state index is 11.4. The molecule has 0 aliphatic rings. The van der Waals surface area contributed by atoms with E-state index in [0.29, 0.717) is 23.0 Å². The summed E-state index contributed by atoms with van der Waals surface area (Å²) in [5.74, 6) is -0.00372. The molecule has 3 rings (SSSR count). The average molecular weight is 338 g/mol. The number of nitrogens with one attached hydrogen (secondary N) is 2. The highest BCUT2D eigenvalue weighted by Gasteiger charge is 2.13. The minimum absolute atomic E-state index is 0.00372. The Morgan fingerprint density at radius 2 is 1.84 bits per heavy atom. The van der Waals surface area contributed by atoms with Gasteiger partial charge in [0, 0.05) is 18.0 Å². The summed E-state index contributed by atoms with van der Waals surface area (Å²) in [6, 6.07) is 14.6. The molecule has 2 aromatic carbocycles. The molecule has 1 heterocycles. The van der Waals surface area contributed by atoms with Gasteiger partial charge in [-0.05, 0) is 43.1 Å². The predicted octanol–water partition coefficient (Wildman–Crippen LogP) is 2.41. The van der Waals surface area contributed by atoms with Crippen molar-refractivity contribution in [1.82, 2.24) is 10.3 Å². The Morgan fingerprint density at radius 3 is 2.60 bits per heavy atom. The van der Waals surface area contributed by atoms with E-state index in [1.54, 1.807) is 12.1 Å². The SMILES string of the molecule is Cc1ccc(CCNC[C@H](O)c2ccc(O)c3[nH]c(=O)ccc23)cc1. The summed E-state index contributed by atoms with van der Waals surface area (Å²) in [5.41, 5.74) is 3.23. The van der Waals surface area contributed by atoms with Gasteiger partial charge in [0.2, 0.25) is 5.56 Å². The van der Waals surface area contributed by atoms with E-state index in [-0.39, 0.29) is 11.3 Å². The maximum atomic E-state index is 11.4. The van der Waals surface area contributed by atoms with Crippen molar-refractivity contribution in [2.24, 2.45) is 0 Å². The van der Waals surface area contributed by atoms with Gasteiger partial charge in [0.15, 0.2) is 0 Å². The second-order valence-electron chi connectivity index (χ2n) is 6.24. The van der Waals surface area contributed by atoms with Crippen LogP contribution in [0.4, 0.5) is 0 Å². The zero-order valence-electron chi connectivity index (χ0n) is 14.1. The first-order valence-electron chi connectivity index (χ1n) is 8.34. The number of phenols is 1. The first kappa shape index (κ1) is 17.2. The van der Waals surface area contributed by atoms with E-state index < -0.39 is 6.10 Å². The summed E-state index contributed by atoms with van der Waals surface area (Å²) in [5, 5.41) is 24.3. The van der Waals surface area contributed by atoms with Gasteiger partial charge in [-0.1, -0.05) is 35.9 Å². The molecule has 0 saturated heterocycles. The number of benzene rings is 2. The van der Waals surface area contributed by atoms with Crippen LogP contribution in [0.25, 0.3) is 10.9 Å². The maximum Gasteiger partial charge on any atom is 0.248 e. The summed E-state index contributed by atoms with van der Waals surface area (Å²) in [4.78, 5) is 14.1. The second-order valence-corrected chi connectivity index (χ2v) is 6.24. The Balaban J connectivity index is 1.64. The van der Waals surface area contributed by atoms with Crippen LogP contribution >= 0.6 is 0 Å². The zero-order chi connectivity index (χ0) is 17.8. The van der Waals surface area contributed by atoms with E-state index in [2.05, 4.69) is 41.5 Å². The largest absolute Gasteiger partial charge is 0.506 e. The van der Waals surface area contributed by atoms with Gasteiger partial charge in [-0.25, -0.2) is 0 Å². The molecule has 1 aromatic heterocycles. The van der Waals surface area contributed by atoms with Crippen molar-refractivity contribution in [3.8, 4) is 5.75 Å². The molecule has 0 fully saturated rings. The molecule has 0 saturated carbocycles. The lowest BCUT2D eigenvalue weighted by Crippen LogP contribution is -2.24. The molecule has 25 heavy (non-hydrogen) atoms. The summed E-state index contributed by atoms with van der Waals surface area (Å²) >= 11 is 0. The molecular weight excluding hydrogens is 316 g/mol. The van der Waals surface area contributed by atoms with Gasteiger partial charge in [-0.2, -0.15) is 0 Å². The number of aryl methyl sites for hydroxylation is 1. The van der Waals surface area contributed by atoms with Crippen molar-refractivity contribution < 1.29 is 10.2 Å². The molecule has 0 bridgehead atoms. The second kappa shape index (κ2) is 7.51. The van der Waals surface area contributed by atoms with Crippen LogP contribution in [0.2, 0.25) is 0 Å². The molecule has 0 amide bonds. The fourth-order valence-corrected chi connectivity index (χ4v) is 2.89. The Morgan fingerprint density at radius 1 is 1.08 bits per heavy atom. The van der Waals surface area contributed by atoms with Crippen molar-refractivity contribution in [3.63, 3.8) is 0 Å². The van der Waals surface area contributed by atoms with Gasteiger partial charge < -0.3 is 20.5 Å². The number of H-pyrrole nitrogens is 1. The van der Waals surface area contributed by atoms with Gasteiger partial charge in [0.25, 0.3) is 0 Å².